The van der Waals surface area contributed by atoms with Crippen molar-refractivity contribution < 1.29 is 13.5 Å². The molecule has 2 aromatic rings. The molecule has 124 valence electrons. The Morgan fingerprint density at radius 1 is 1.04 bits per heavy atom. The molecule has 0 aromatic heterocycles. The summed E-state index contributed by atoms with van der Waals surface area (Å²) < 4.78 is 24.2. The number of aliphatic hydroxyl groups is 1. The summed E-state index contributed by atoms with van der Waals surface area (Å²) in [6.45, 7) is 5.64. The van der Waals surface area contributed by atoms with Crippen molar-refractivity contribution in [2.75, 3.05) is 11.1 Å². The maximum atomic E-state index is 12.1. The Morgan fingerprint density at radius 3 is 2.22 bits per heavy atom. The van der Waals surface area contributed by atoms with Crippen molar-refractivity contribution in [3.05, 3.63) is 59.7 Å². The smallest absolute Gasteiger partial charge is 0.180 e. The molecule has 23 heavy (non-hydrogen) atoms. The topological polar surface area (TPSA) is 66.4 Å². The molecule has 5 heteroatoms. The van der Waals surface area contributed by atoms with Gasteiger partial charge in [-0.3, -0.25) is 0 Å². The minimum Gasteiger partial charge on any atom is -0.386 e. The third-order valence-electron chi connectivity index (χ3n) is 3.75. The lowest BCUT2D eigenvalue weighted by Crippen LogP contribution is -2.15. The summed E-state index contributed by atoms with van der Waals surface area (Å²) in [6, 6.07) is 14.6. The first-order valence-electron chi connectivity index (χ1n) is 7.61. The van der Waals surface area contributed by atoms with Crippen LogP contribution >= 0.6 is 0 Å². The normalized spacial score (nSPS) is 12.2. The molecule has 0 aliphatic heterocycles. The molecular weight excluding hydrogens is 310 g/mol. The van der Waals surface area contributed by atoms with Gasteiger partial charge >= 0.3 is 0 Å². The quantitative estimate of drug-likeness (QED) is 0.851. The van der Waals surface area contributed by atoms with E-state index in [0.29, 0.717) is 17.1 Å². The van der Waals surface area contributed by atoms with Crippen LogP contribution in [0.4, 0.5) is 5.69 Å². The summed E-state index contributed by atoms with van der Waals surface area (Å²) in [5.41, 5.74) is 1.60. The summed E-state index contributed by atoms with van der Waals surface area (Å²) in [6.07, 6.45) is 0. The van der Waals surface area contributed by atoms with Gasteiger partial charge in [-0.15, -0.1) is 0 Å². The fraction of sp³-hybridized carbons (Fsp3) is 0.333. The molecule has 0 amide bonds. The van der Waals surface area contributed by atoms with E-state index in [1.54, 1.807) is 39.0 Å². The number of para-hydroxylation sites is 1. The molecule has 0 saturated carbocycles. The van der Waals surface area contributed by atoms with Gasteiger partial charge in [0.2, 0.25) is 0 Å². The number of hydrogen-bond donors (Lipinski definition) is 2. The Morgan fingerprint density at radius 2 is 1.65 bits per heavy atom. The van der Waals surface area contributed by atoms with Gasteiger partial charge in [-0.2, -0.15) is 0 Å². The molecule has 2 rings (SSSR count). The molecule has 0 spiro atoms. The molecule has 0 fully saturated rings. The standard InChI is InChI=1S/C18H23NO3S/c1-4-23(21,22)17-8-6-5-7-16(17)19-13-14-9-11-15(12-10-14)18(2,3)20/h5-12,19-20H,4,13H2,1-3H3. The maximum Gasteiger partial charge on any atom is 0.180 e. The van der Waals surface area contributed by atoms with Gasteiger partial charge in [0, 0.05) is 6.54 Å². The Kier molecular flexibility index (Phi) is 5.12. The number of nitrogens with one attached hydrogen (secondary N) is 1. The van der Waals surface area contributed by atoms with Crippen LogP contribution in [-0.4, -0.2) is 19.3 Å². The predicted octanol–water partition coefficient (Wildman–Crippen LogP) is 3.32. The van der Waals surface area contributed by atoms with Gasteiger partial charge in [0.1, 0.15) is 0 Å². The summed E-state index contributed by atoms with van der Waals surface area (Å²) >= 11 is 0. The number of rotatable bonds is 6. The summed E-state index contributed by atoms with van der Waals surface area (Å²) in [5, 5.41) is 13.1. The average Bonchev–Trinajstić information content (AvgIpc) is 2.52. The van der Waals surface area contributed by atoms with E-state index in [-0.39, 0.29) is 5.75 Å². The van der Waals surface area contributed by atoms with Gasteiger partial charge in [-0.05, 0) is 37.1 Å². The highest BCUT2D eigenvalue weighted by atomic mass is 32.2. The Balaban J connectivity index is 2.16. The fourth-order valence-corrected chi connectivity index (χ4v) is 3.34. The molecule has 0 radical (unpaired) electrons. The highest BCUT2D eigenvalue weighted by Crippen LogP contribution is 2.23. The number of anilines is 1. The van der Waals surface area contributed by atoms with E-state index in [2.05, 4.69) is 5.32 Å². The summed E-state index contributed by atoms with van der Waals surface area (Å²) in [7, 11) is -3.25. The van der Waals surface area contributed by atoms with E-state index in [9.17, 15) is 13.5 Å². The van der Waals surface area contributed by atoms with Gasteiger partial charge in [-0.25, -0.2) is 8.42 Å². The first-order valence-corrected chi connectivity index (χ1v) is 9.26. The van der Waals surface area contributed by atoms with Gasteiger partial charge < -0.3 is 10.4 Å². The molecule has 2 aromatic carbocycles. The van der Waals surface area contributed by atoms with Gasteiger partial charge in [0.25, 0.3) is 0 Å². The van der Waals surface area contributed by atoms with E-state index in [0.717, 1.165) is 11.1 Å². The Hall–Kier alpha value is -1.85. The molecule has 0 aliphatic rings. The second kappa shape index (κ2) is 6.72. The lowest BCUT2D eigenvalue weighted by Gasteiger charge is -2.18. The highest BCUT2D eigenvalue weighted by Gasteiger charge is 2.17. The third-order valence-corrected chi connectivity index (χ3v) is 5.53. The molecule has 0 aliphatic carbocycles. The average molecular weight is 333 g/mol. The van der Waals surface area contributed by atoms with Crippen molar-refractivity contribution in [2.24, 2.45) is 0 Å². The third kappa shape index (κ3) is 4.33. The van der Waals surface area contributed by atoms with Crippen molar-refractivity contribution >= 4 is 15.5 Å². The van der Waals surface area contributed by atoms with E-state index >= 15 is 0 Å². The summed E-state index contributed by atoms with van der Waals surface area (Å²) in [5.74, 6) is 0.0754. The van der Waals surface area contributed by atoms with Crippen LogP contribution in [0.1, 0.15) is 31.9 Å². The highest BCUT2D eigenvalue weighted by molar-refractivity contribution is 7.91. The van der Waals surface area contributed by atoms with Crippen molar-refractivity contribution in [1.82, 2.24) is 0 Å². The number of hydrogen-bond acceptors (Lipinski definition) is 4. The first kappa shape index (κ1) is 17.5. The number of sulfone groups is 1. The zero-order valence-corrected chi connectivity index (χ0v) is 14.5. The van der Waals surface area contributed by atoms with Crippen LogP contribution in [0.15, 0.2) is 53.4 Å². The van der Waals surface area contributed by atoms with Gasteiger partial charge in [0.05, 0.1) is 21.9 Å². The molecule has 2 N–H and O–H groups in total. The Bertz CT molecular complexity index is 760. The van der Waals surface area contributed by atoms with Crippen LogP contribution in [-0.2, 0) is 22.0 Å². The van der Waals surface area contributed by atoms with E-state index in [1.165, 1.54) is 0 Å². The van der Waals surface area contributed by atoms with Gasteiger partial charge in [-0.1, -0.05) is 43.3 Å². The minimum atomic E-state index is -3.25. The van der Waals surface area contributed by atoms with E-state index in [4.69, 9.17) is 0 Å². The maximum absolute atomic E-state index is 12.1. The number of benzene rings is 2. The zero-order valence-electron chi connectivity index (χ0n) is 13.7. The largest absolute Gasteiger partial charge is 0.386 e. The van der Waals surface area contributed by atoms with Crippen molar-refractivity contribution in [3.8, 4) is 0 Å². The first-order chi connectivity index (χ1) is 10.7. The minimum absolute atomic E-state index is 0.0754. The SMILES string of the molecule is CCS(=O)(=O)c1ccccc1NCc1ccc(C(C)(C)O)cc1. The summed E-state index contributed by atoms with van der Waals surface area (Å²) in [4.78, 5) is 0.329. The molecule has 0 bridgehead atoms. The molecule has 0 unspecified atom stereocenters. The molecule has 0 atom stereocenters. The van der Waals surface area contributed by atoms with Crippen LogP contribution in [0, 0.1) is 0 Å². The van der Waals surface area contributed by atoms with Crippen molar-refractivity contribution in [1.29, 1.82) is 0 Å². The van der Waals surface area contributed by atoms with E-state index in [1.807, 2.05) is 30.3 Å². The van der Waals surface area contributed by atoms with Crippen molar-refractivity contribution in [3.63, 3.8) is 0 Å². The van der Waals surface area contributed by atoms with Crippen LogP contribution in [0.3, 0.4) is 0 Å². The lowest BCUT2D eigenvalue weighted by molar-refractivity contribution is 0.0786. The lowest BCUT2D eigenvalue weighted by atomic mass is 9.97. The van der Waals surface area contributed by atoms with E-state index < -0.39 is 15.4 Å². The zero-order chi connectivity index (χ0) is 17.1. The van der Waals surface area contributed by atoms with Gasteiger partial charge in [0.15, 0.2) is 9.84 Å². The van der Waals surface area contributed by atoms with Crippen molar-refractivity contribution in [2.45, 2.75) is 37.8 Å². The van der Waals surface area contributed by atoms with Crippen LogP contribution in [0.25, 0.3) is 0 Å². The Labute approximate surface area is 138 Å². The molecule has 0 saturated heterocycles. The van der Waals surface area contributed by atoms with Crippen LogP contribution in [0.2, 0.25) is 0 Å². The fourth-order valence-electron chi connectivity index (χ4n) is 2.27. The van der Waals surface area contributed by atoms with Crippen LogP contribution < -0.4 is 5.32 Å². The molecule has 0 heterocycles. The second-order valence-electron chi connectivity index (χ2n) is 6.01. The predicted molar refractivity (Wildman–Crippen MR) is 93.2 cm³/mol. The molecule has 4 nitrogen and oxygen atoms in total. The monoisotopic (exact) mass is 333 g/mol. The molecular formula is C18H23NO3S. The second-order valence-corrected chi connectivity index (χ2v) is 8.26. The van der Waals surface area contributed by atoms with Crippen LogP contribution in [0.5, 0.6) is 0 Å².